The van der Waals surface area contributed by atoms with Crippen LogP contribution in [0.4, 0.5) is 0 Å². The normalized spacial score (nSPS) is 18.0. The van der Waals surface area contributed by atoms with Gasteiger partial charge in [-0.1, -0.05) is 0 Å². The Labute approximate surface area is 131 Å². The van der Waals surface area contributed by atoms with Gasteiger partial charge in [-0.15, -0.1) is 0 Å². The zero-order valence-corrected chi connectivity index (χ0v) is 13.6. The maximum absolute atomic E-state index is 12.0. The molecular formula is C15H25N5O2. The van der Waals surface area contributed by atoms with Gasteiger partial charge in [-0.05, 0) is 20.4 Å². The summed E-state index contributed by atoms with van der Waals surface area (Å²) in [5.74, 6) is -0.145. The number of aromatic nitrogens is 2. The zero-order valence-electron chi connectivity index (χ0n) is 13.6. The van der Waals surface area contributed by atoms with Gasteiger partial charge >= 0.3 is 6.01 Å². The predicted octanol–water partition coefficient (Wildman–Crippen LogP) is 0.241. The van der Waals surface area contributed by atoms with Gasteiger partial charge in [0.2, 0.25) is 0 Å². The number of ether oxygens (including phenoxy) is 1. The van der Waals surface area contributed by atoms with Crippen LogP contribution in [0, 0.1) is 0 Å². The minimum Gasteiger partial charge on any atom is -0.467 e. The van der Waals surface area contributed by atoms with E-state index in [2.05, 4.69) is 39.1 Å². The molecule has 22 heavy (non-hydrogen) atoms. The van der Waals surface area contributed by atoms with Gasteiger partial charge in [0.25, 0.3) is 5.91 Å². The molecule has 1 N–H and O–H groups in total. The second-order valence-corrected chi connectivity index (χ2v) is 5.69. The van der Waals surface area contributed by atoms with E-state index in [0.717, 1.165) is 32.6 Å². The van der Waals surface area contributed by atoms with Crippen molar-refractivity contribution in [3.8, 4) is 6.01 Å². The summed E-state index contributed by atoms with van der Waals surface area (Å²) >= 11 is 0. The Morgan fingerprint density at radius 1 is 1.32 bits per heavy atom. The molecule has 0 saturated carbocycles. The minimum atomic E-state index is -0.145. The molecule has 1 atom stereocenters. The first-order valence-corrected chi connectivity index (χ1v) is 7.67. The molecule has 0 bridgehead atoms. The fraction of sp³-hybridized carbons (Fsp3) is 0.667. The smallest absolute Gasteiger partial charge is 0.316 e. The van der Waals surface area contributed by atoms with Gasteiger partial charge < -0.3 is 15.0 Å². The van der Waals surface area contributed by atoms with Crippen LogP contribution in [0.1, 0.15) is 23.7 Å². The van der Waals surface area contributed by atoms with Crippen molar-refractivity contribution in [2.24, 2.45) is 0 Å². The van der Waals surface area contributed by atoms with Gasteiger partial charge in [0.1, 0.15) is 0 Å². The standard InChI is InChI=1S/C15H25N5O2/c1-12(20-8-6-19(2)7-9-20)4-5-16-14(21)13-10-17-15(22-3)18-11-13/h10-12H,4-9H2,1-3H3,(H,16,21)/t12-/m0/s1. The van der Waals surface area contributed by atoms with Crippen molar-refractivity contribution < 1.29 is 9.53 Å². The second kappa shape index (κ2) is 8.05. The fourth-order valence-corrected chi connectivity index (χ4v) is 2.48. The van der Waals surface area contributed by atoms with Crippen molar-refractivity contribution in [3.05, 3.63) is 18.0 Å². The third-order valence-electron chi connectivity index (χ3n) is 4.08. The summed E-state index contributed by atoms with van der Waals surface area (Å²) in [6.07, 6.45) is 3.89. The van der Waals surface area contributed by atoms with Gasteiger partial charge in [-0.25, -0.2) is 9.97 Å². The molecule has 1 aromatic rings. The number of nitrogens with zero attached hydrogens (tertiary/aromatic N) is 4. The van der Waals surface area contributed by atoms with E-state index in [0.29, 0.717) is 18.2 Å². The van der Waals surface area contributed by atoms with E-state index in [-0.39, 0.29) is 11.9 Å². The quantitative estimate of drug-likeness (QED) is 0.812. The molecule has 7 nitrogen and oxygen atoms in total. The highest BCUT2D eigenvalue weighted by molar-refractivity contribution is 5.93. The van der Waals surface area contributed by atoms with Crippen molar-refractivity contribution in [2.75, 3.05) is 46.9 Å². The molecule has 0 aliphatic carbocycles. The number of methoxy groups -OCH3 is 1. The first-order valence-electron chi connectivity index (χ1n) is 7.67. The maximum Gasteiger partial charge on any atom is 0.316 e. The minimum absolute atomic E-state index is 0.145. The second-order valence-electron chi connectivity index (χ2n) is 5.69. The largest absolute Gasteiger partial charge is 0.467 e. The maximum atomic E-state index is 12.0. The van der Waals surface area contributed by atoms with Crippen LogP contribution in [0.2, 0.25) is 0 Å². The molecule has 0 unspecified atom stereocenters. The van der Waals surface area contributed by atoms with E-state index in [1.165, 1.54) is 19.5 Å². The van der Waals surface area contributed by atoms with Gasteiger partial charge in [0.05, 0.1) is 12.7 Å². The molecule has 0 aromatic carbocycles. The van der Waals surface area contributed by atoms with Crippen LogP contribution in [-0.2, 0) is 0 Å². The molecule has 1 saturated heterocycles. The number of hydrogen-bond acceptors (Lipinski definition) is 6. The predicted molar refractivity (Wildman–Crippen MR) is 84.1 cm³/mol. The molecule has 0 radical (unpaired) electrons. The van der Waals surface area contributed by atoms with Crippen molar-refractivity contribution in [1.29, 1.82) is 0 Å². The van der Waals surface area contributed by atoms with Crippen molar-refractivity contribution in [2.45, 2.75) is 19.4 Å². The number of nitrogens with one attached hydrogen (secondary N) is 1. The summed E-state index contributed by atoms with van der Waals surface area (Å²) in [5, 5.41) is 2.92. The number of carbonyl (C=O) groups is 1. The van der Waals surface area contributed by atoms with Crippen molar-refractivity contribution in [3.63, 3.8) is 0 Å². The van der Waals surface area contributed by atoms with Crippen LogP contribution in [0.3, 0.4) is 0 Å². The molecule has 7 heteroatoms. The van der Waals surface area contributed by atoms with E-state index < -0.39 is 0 Å². The molecule has 1 aliphatic heterocycles. The third kappa shape index (κ3) is 4.64. The van der Waals surface area contributed by atoms with Crippen LogP contribution < -0.4 is 10.1 Å². The highest BCUT2D eigenvalue weighted by atomic mass is 16.5. The lowest BCUT2D eigenvalue weighted by Crippen LogP contribution is -2.48. The number of piperazine rings is 1. The molecule has 1 fully saturated rings. The van der Waals surface area contributed by atoms with Crippen molar-refractivity contribution in [1.82, 2.24) is 25.1 Å². The molecule has 1 aliphatic rings. The van der Waals surface area contributed by atoms with Crippen LogP contribution in [0.5, 0.6) is 6.01 Å². The Balaban J connectivity index is 1.71. The van der Waals surface area contributed by atoms with E-state index in [4.69, 9.17) is 4.74 Å². The first-order chi connectivity index (χ1) is 10.6. The number of carbonyl (C=O) groups excluding carboxylic acids is 1. The van der Waals surface area contributed by atoms with Crippen LogP contribution in [0.25, 0.3) is 0 Å². The topological polar surface area (TPSA) is 70.6 Å². The molecule has 1 amide bonds. The Morgan fingerprint density at radius 3 is 2.55 bits per heavy atom. The van der Waals surface area contributed by atoms with Crippen LogP contribution >= 0.6 is 0 Å². The molecule has 1 aromatic heterocycles. The summed E-state index contributed by atoms with van der Waals surface area (Å²) < 4.78 is 4.87. The molecular weight excluding hydrogens is 282 g/mol. The van der Waals surface area contributed by atoms with Crippen LogP contribution in [0.15, 0.2) is 12.4 Å². The third-order valence-corrected chi connectivity index (χ3v) is 4.08. The summed E-state index contributed by atoms with van der Waals surface area (Å²) in [4.78, 5) is 24.7. The number of amides is 1. The van der Waals surface area contributed by atoms with E-state index in [1.54, 1.807) is 0 Å². The lowest BCUT2D eigenvalue weighted by molar-refractivity contribution is 0.0934. The summed E-state index contributed by atoms with van der Waals surface area (Å²) in [6.45, 7) is 7.28. The van der Waals surface area contributed by atoms with Gasteiger partial charge in [0, 0.05) is 51.2 Å². The Morgan fingerprint density at radius 2 is 1.95 bits per heavy atom. The van der Waals surface area contributed by atoms with Gasteiger partial charge in [-0.2, -0.15) is 0 Å². The van der Waals surface area contributed by atoms with Crippen molar-refractivity contribution >= 4 is 5.91 Å². The molecule has 2 rings (SSSR count). The Hall–Kier alpha value is -1.73. The summed E-state index contributed by atoms with van der Waals surface area (Å²) in [6, 6.07) is 0.737. The average Bonchev–Trinajstić information content (AvgIpc) is 2.55. The number of rotatable bonds is 6. The van der Waals surface area contributed by atoms with E-state index in [9.17, 15) is 4.79 Å². The van der Waals surface area contributed by atoms with E-state index in [1.807, 2.05) is 0 Å². The van der Waals surface area contributed by atoms with E-state index >= 15 is 0 Å². The van der Waals surface area contributed by atoms with Crippen LogP contribution in [-0.4, -0.2) is 78.6 Å². The lowest BCUT2D eigenvalue weighted by Gasteiger charge is -2.36. The SMILES string of the molecule is COc1ncc(C(=O)NCC[C@H](C)N2CCN(C)CC2)cn1. The lowest BCUT2D eigenvalue weighted by atomic mass is 10.1. The summed E-state index contributed by atoms with van der Waals surface area (Å²) in [7, 11) is 3.65. The highest BCUT2D eigenvalue weighted by Gasteiger charge is 2.19. The van der Waals surface area contributed by atoms with Gasteiger partial charge in [-0.3, -0.25) is 9.69 Å². The molecule has 0 spiro atoms. The molecule has 122 valence electrons. The first kappa shape index (κ1) is 16.6. The number of hydrogen-bond donors (Lipinski definition) is 1. The summed E-state index contributed by atoms with van der Waals surface area (Å²) in [5.41, 5.74) is 0.452. The zero-order chi connectivity index (χ0) is 15.9. The Bertz CT molecular complexity index is 471. The molecule has 2 heterocycles. The monoisotopic (exact) mass is 307 g/mol. The number of likely N-dealkylation sites (N-methyl/N-ethyl adjacent to an activating group) is 1. The average molecular weight is 307 g/mol. The van der Waals surface area contributed by atoms with Gasteiger partial charge in [0.15, 0.2) is 0 Å². The highest BCUT2D eigenvalue weighted by Crippen LogP contribution is 2.07. The Kier molecular flexibility index (Phi) is 6.09. The fourth-order valence-electron chi connectivity index (χ4n) is 2.48.